The van der Waals surface area contributed by atoms with Crippen LogP contribution in [-0.4, -0.2) is 65.5 Å². The molecule has 0 radical (unpaired) electrons. The van der Waals surface area contributed by atoms with Gasteiger partial charge in [-0.2, -0.15) is 4.31 Å². The molecule has 0 saturated carbocycles. The molecule has 7 nitrogen and oxygen atoms in total. The molecule has 8 heteroatoms. The van der Waals surface area contributed by atoms with Crippen molar-refractivity contribution in [2.45, 2.75) is 57.5 Å². The predicted molar refractivity (Wildman–Crippen MR) is 80.8 cm³/mol. The van der Waals surface area contributed by atoms with E-state index in [0.717, 1.165) is 23.6 Å². The van der Waals surface area contributed by atoms with E-state index in [0.29, 0.717) is 25.8 Å². The molecule has 0 aliphatic carbocycles. The number of sulfonamides is 1. The van der Waals surface area contributed by atoms with Crippen LogP contribution in [0.4, 0.5) is 0 Å². The zero-order valence-corrected chi connectivity index (χ0v) is 13.7. The van der Waals surface area contributed by atoms with Crippen LogP contribution in [0.2, 0.25) is 0 Å². The highest BCUT2D eigenvalue weighted by Gasteiger charge is 2.39. The van der Waals surface area contributed by atoms with Gasteiger partial charge in [-0.1, -0.05) is 0 Å². The number of aliphatic carboxylic acids is 1. The third kappa shape index (κ3) is 3.78. The molecule has 1 N–H and O–H groups in total. The molecule has 2 saturated heterocycles. The Kier molecular flexibility index (Phi) is 5.44. The summed E-state index contributed by atoms with van der Waals surface area (Å²) >= 11 is 0. The fraction of sp³-hybridized carbons (Fsp3) is 0.857. The van der Waals surface area contributed by atoms with Gasteiger partial charge in [-0.05, 0) is 38.5 Å². The summed E-state index contributed by atoms with van der Waals surface area (Å²) in [5, 5.41) is 9.12. The minimum absolute atomic E-state index is 0.0216. The fourth-order valence-electron chi connectivity index (χ4n) is 3.44. The largest absolute Gasteiger partial charge is 0.480 e. The van der Waals surface area contributed by atoms with Crippen molar-refractivity contribution in [1.29, 1.82) is 0 Å². The van der Waals surface area contributed by atoms with Crippen LogP contribution in [0.3, 0.4) is 0 Å². The molecule has 1 unspecified atom stereocenters. The summed E-state index contributed by atoms with van der Waals surface area (Å²) in [7, 11) is -3.59. The predicted octanol–water partition coefficient (Wildman–Crippen LogP) is 0.656. The third-order valence-corrected chi connectivity index (χ3v) is 6.49. The first-order chi connectivity index (χ1) is 10.3. The zero-order valence-electron chi connectivity index (χ0n) is 12.9. The average Bonchev–Trinajstić information content (AvgIpc) is 2.96. The smallest absolute Gasteiger partial charge is 0.322 e. The van der Waals surface area contributed by atoms with Crippen molar-refractivity contribution in [2.24, 2.45) is 0 Å². The summed E-state index contributed by atoms with van der Waals surface area (Å²) in [5.41, 5.74) is 0. The minimum Gasteiger partial charge on any atom is -0.480 e. The second-order valence-electron chi connectivity index (χ2n) is 6.07. The summed E-state index contributed by atoms with van der Waals surface area (Å²) in [5.74, 6) is -1.19. The van der Waals surface area contributed by atoms with E-state index in [9.17, 15) is 18.0 Å². The first-order valence-corrected chi connectivity index (χ1v) is 9.43. The maximum absolute atomic E-state index is 12.4. The van der Waals surface area contributed by atoms with Gasteiger partial charge in [0.15, 0.2) is 0 Å². The Bertz CT molecular complexity index is 533. The van der Waals surface area contributed by atoms with E-state index in [-0.39, 0.29) is 24.2 Å². The van der Waals surface area contributed by atoms with E-state index in [4.69, 9.17) is 5.11 Å². The number of nitrogens with zero attached hydrogens (tertiary/aromatic N) is 2. The van der Waals surface area contributed by atoms with Crippen LogP contribution in [0.15, 0.2) is 0 Å². The topological polar surface area (TPSA) is 95.0 Å². The van der Waals surface area contributed by atoms with Gasteiger partial charge in [0.25, 0.3) is 0 Å². The lowest BCUT2D eigenvalue weighted by molar-refractivity contribution is -0.140. The monoisotopic (exact) mass is 332 g/mol. The van der Waals surface area contributed by atoms with Crippen molar-refractivity contribution in [1.82, 2.24) is 9.21 Å². The van der Waals surface area contributed by atoms with Gasteiger partial charge >= 0.3 is 5.97 Å². The molecule has 0 bridgehead atoms. The highest BCUT2D eigenvalue weighted by Crippen LogP contribution is 2.25. The summed E-state index contributed by atoms with van der Waals surface area (Å²) in [6.45, 7) is 2.47. The van der Waals surface area contributed by atoms with E-state index in [2.05, 4.69) is 0 Å². The van der Waals surface area contributed by atoms with Gasteiger partial charge in [0.2, 0.25) is 15.9 Å². The second-order valence-corrected chi connectivity index (χ2v) is 8.11. The number of carboxylic acids is 1. The molecule has 2 atom stereocenters. The zero-order chi connectivity index (χ0) is 16.3. The van der Waals surface area contributed by atoms with Crippen LogP contribution in [0.5, 0.6) is 0 Å². The Balaban J connectivity index is 2.00. The SMILES string of the molecule is CC(=O)N1CCCCC1CCS(=O)(=O)N1CCC[C@H]1C(=O)O. The van der Waals surface area contributed by atoms with Crippen molar-refractivity contribution < 1.29 is 23.1 Å². The fourth-order valence-corrected chi connectivity index (χ4v) is 5.23. The average molecular weight is 332 g/mol. The molecule has 1 amide bonds. The van der Waals surface area contributed by atoms with E-state index >= 15 is 0 Å². The van der Waals surface area contributed by atoms with E-state index in [1.807, 2.05) is 0 Å². The lowest BCUT2D eigenvalue weighted by Gasteiger charge is -2.35. The van der Waals surface area contributed by atoms with Crippen molar-refractivity contribution in [3.63, 3.8) is 0 Å². The number of carbonyl (C=O) groups excluding carboxylic acids is 1. The van der Waals surface area contributed by atoms with Gasteiger partial charge in [0.05, 0.1) is 5.75 Å². The van der Waals surface area contributed by atoms with Crippen molar-refractivity contribution in [3.8, 4) is 0 Å². The number of piperidine rings is 1. The lowest BCUT2D eigenvalue weighted by atomic mass is 10.00. The van der Waals surface area contributed by atoms with Crippen molar-refractivity contribution in [3.05, 3.63) is 0 Å². The summed E-state index contributed by atoms with van der Waals surface area (Å²) in [4.78, 5) is 24.5. The molecule has 2 aliphatic rings. The quantitative estimate of drug-likeness (QED) is 0.798. The van der Waals surface area contributed by atoms with Gasteiger partial charge in [0, 0.05) is 26.1 Å². The van der Waals surface area contributed by atoms with Crippen LogP contribution in [0, 0.1) is 0 Å². The number of hydrogen-bond acceptors (Lipinski definition) is 4. The summed E-state index contributed by atoms with van der Waals surface area (Å²) in [6.07, 6.45) is 4.10. The molecule has 0 aromatic carbocycles. The van der Waals surface area contributed by atoms with E-state index < -0.39 is 22.0 Å². The third-order valence-electron chi connectivity index (χ3n) is 4.59. The van der Waals surface area contributed by atoms with Gasteiger partial charge in [-0.3, -0.25) is 9.59 Å². The molecule has 0 spiro atoms. The normalized spacial score (nSPS) is 27.0. The molecule has 22 heavy (non-hydrogen) atoms. The molecule has 2 fully saturated rings. The van der Waals surface area contributed by atoms with Crippen LogP contribution < -0.4 is 0 Å². The molecule has 0 aromatic heterocycles. The van der Waals surface area contributed by atoms with Gasteiger partial charge in [0.1, 0.15) is 6.04 Å². The second kappa shape index (κ2) is 6.95. The molecule has 0 aromatic rings. The Morgan fingerprint density at radius 3 is 2.50 bits per heavy atom. The molecule has 2 heterocycles. The molecule has 2 rings (SSSR count). The number of rotatable bonds is 5. The van der Waals surface area contributed by atoms with Gasteiger partial charge in [-0.25, -0.2) is 8.42 Å². The highest BCUT2D eigenvalue weighted by molar-refractivity contribution is 7.89. The summed E-state index contributed by atoms with van der Waals surface area (Å²) < 4.78 is 26.0. The van der Waals surface area contributed by atoms with Crippen LogP contribution >= 0.6 is 0 Å². The molecular formula is C14H24N2O5S. The van der Waals surface area contributed by atoms with Crippen LogP contribution in [0.1, 0.15) is 45.4 Å². The lowest BCUT2D eigenvalue weighted by Crippen LogP contribution is -2.45. The standard InChI is InChI=1S/C14H24N2O5S/c1-11(17)15-8-3-2-5-12(15)7-10-22(20,21)16-9-4-6-13(16)14(18)19/h12-13H,2-10H2,1H3,(H,18,19)/t12?,13-/m0/s1. The van der Waals surface area contributed by atoms with Gasteiger partial charge in [-0.15, -0.1) is 0 Å². The first kappa shape index (κ1) is 17.2. The van der Waals surface area contributed by atoms with Crippen molar-refractivity contribution >= 4 is 21.9 Å². The van der Waals surface area contributed by atoms with Crippen LogP contribution in [-0.2, 0) is 19.6 Å². The molecule has 126 valence electrons. The maximum atomic E-state index is 12.4. The molecule has 2 aliphatic heterocycles. The van der Waals surface area contributed by atoms with Crippen LogP contribution in [0.25, 0.3) is 0 Å². The highest BCUT2D eigenvalue weighted by atomic mass is 32.2. The number of hydrogen-bond donors (Lipinski definition) is 1. The first-order valence-electron chi connectivity index (χ1n) is 7.82. The van der Waals surface area contributed by atoms with E-state index in [1.54, 1.807) is 4.90 Å². The van der Waals surface area contributed by atoms with E-state index in [1.165, 1.54) is 6.92 Å². The summed E-state index contributed by atoms with van der Waals surface area (Å²) in [6, 6.07) is -0.979. The Morgan fingerprint density at radius 1 is 1.14 bits per heavy atom. The number of carboxylic acid groups (broad SMARTS) is 1. The maximum Gasteiger partial charge on any atom is 0.322 e. The number of carbonyl (C=O) groups is 2. The Hall–Kier alpha value is -1.15. The van der Waals surface area contributed by atoms with Gasteiger partial charge < -0.3 is 10.0 Å². The Labute approximate surface area is 131 Å². The number of likely N-dealkylation sites (tertiary alicyclic amines) is 1. The van der Waals surface area contributed by atoms with Crippen molar-refractivity contribution in [2.75, 3.05) is 18.8 Å². The molecular weight excluding hydrogens is 308 g/mol. The Morgan fingerprint density at radius 2 is 1.86 bits per heavy atom. The minimum atomic E-state index is -3.59. The number of amides is 1.